The van der Waals surface area contributed by atoms with E-state index in [0.717, 1.165) is 0 Å². The molecule has 0 aromatic rings. The smallest absolute Gasteiger partial charge is 0.822 e. The second kappa shape index (κ2) is 21.9. The fourth-order valence-electron chi connectivity index (χ4n) is 0. The SMILES string of the molecule is O=P([O-])([O-])[O-].O=P([O-])([O-])[O-].O=P([O-])([O-])[O-].O=P([O-])([O-])[O-].[Co+2].[Co+2].[Co+2].[W]. The molecule has 0 spiro atoms. The van der Waals surface area contributed by atoms with E-state index in [0.29, 0.717) is 0 Å². The van der Waals surface area contributed by atoms with Gasteiger partial charge in [0.2, 0.25) is 0 Å². The van der Waals surface area contributed by atoms with Gasteiger partial charge in [-0.2, -0.15) is 31.3 Å². The fraction of sp³-hybridized carbons (Fsp3) is 0. The van der Waals surface area contributed by atoms with Gasteiger partial charge < -0.3 is 77.0 Å². The van der Waals surface area contributed by atoms with Crippen molar-refractivity contribution in [1.82, 2.24) is 0 Å². The first-order valence-corrected chi connectivity index (χ1v) is 8.76. The molecule has 0 saturated carbocycles. The van der Waals surface area contributed by atoms with Gasteiger partial charge in [0, 0.05) is 21.1 Å². The standard InChI is InChI=1S/3Co.4H3O4P.W/c;;;4*1-5(2,3)4;/h;;;4*(H3,1,2,3,4);/q3*+2;;;;;/p-12. The molecular weight excluding hydrogens is 741 g/mol. The van der Waals surface area contributed by atoms with E-state index in [2.05, 4.69) is 0 Å². The molecule has 16 nitrogen and oxygen atoms in total. The molecule has 0 saturated heterocycles. The van der Waals surface area contributed by atoms with Crippen LogP contribution in [0.15, 0.2) is 0 Å². The first kappa shape index (κ1) is 50.4. The van der Waals surface area contributed by atoms with Crippen LogP contribution in [0.5, 0.6) is 0 Å². The summed E-state index contributed by atoms with van der Waals surface area (Å²) in [5, 5.41) is 0. The van der Waals surface area contributed by atoms with Crippen LogP contribution in [0.4, 0.5) is 0 Å². The topological polar surface area (TPSA) is 345 Å². The average molecular weight is 741 g/mol. The summed E-state index contributed by atoms with van der Waals surface area (Å²) in [5.41, 5.74) is 0. The molecule has 0 aliphatic rings. The van der Waals surface area contributed by atoms with Crippen LogP contribution in [0.2, 0.25) is 0 Å². The first-order valence-electron chi connectivity index (χ1n) is 2.92. The van der Waals surface area contributed by atoms with E-state index in [9.17, 15) is 0 Å². The van der Waals surface area contributed by atoms with E-state index in [1.807, 2.05) is 0 Å². The first-order chi connectivity index (χ1) is 8.00. The van der Waals surface area contributed by atoms with Gasteiger partial charge in [0.1, 0.15) is 0 Å². The predicted octanol–water partition coefficient (Wildman–Crippen LogP) is -11.3. The number of rotatable bonds is 0. The van der Waals surface area contributed by atoms with Crippen LogP contribution in [0.1, 0.15) is 0 Å². The second-order valence-electron chi connectivity index (χ2n) is 1.79. The molecular formula is Co3O16P4W-6. The van der Waals surface area contributed by atoms with Crippen LogP contribution in [-0.4, -0.2) is 0 Å². The third kappa shape index (κ3) is 1970. The number of hydrogen-bond acceptors (Lipinski definition) is 16. The molecule has 24 heavy (non-hydrogen) atoms. The monoisotopic (exact) mass is 741 g/mol. The molecule has 0 rings (SSSR count). The molecule has 0 heterocycles. The minimum Gasteiger partial charge on any atom is -0.822 e. The molecule has 0 aromatic carbocycles. The maximum atomic E-state index is 8.55. The van der Waals surface area contributed by atoms with Gasteiger partial charge in [0.25, 0.3) is 0 Å². The fourth-order valence-corrected chi connectivity index (χ4v) is 0. The van der Waals surface area contributed by atoms with Crippen LogP contribution in [-0.2, 0) is 89.7 Å². The summed E-state index contributed by atoms with van der Waals surface area (Å²) in [6.07, 6.45) is 0. The third-order valence-electron chi connectivity index (χ3n) is 0. The Morgan fingerprint density at radius 1 is 0.333 bits per heavy atom. The van der Waals surface area contributed by atoms with E-state index in [1.165, 1.54) is 0 Å². The van der Waals surface area contributed by atoms with Crippen molar-refractivity contribution < 1.29 is 148 Å². The second-order valence-corrected chi connectivity index (χ2v) is 5.37. The van der Waals surface area contributed by atoms with Gasteiger partial charge in [-0.1, -0.05) is 0 Å². The molecule has 0 N–H and O–H groups in total. The van der Waals surface area contributed by atoms with Crippen LogP contribution in [0, 0.1) is 0 Å². The maximum absolute atomic E-state index is 8.55. The molecule has 155 valence electrons. The summed E-state index contributed by atoms with van der Waals surface area (Å²) in [6.45, 7) is 0. The van der Waals surface area contributed by atoms with Crippen molar-refractivity contribution in [2.75, 3.05) is 0 Å². The van der Waals surface area contributed by atoms with Gasteiger partial charge in [-0.15, -0.1) is 0 Å². The number of phosphoric acid groups is 4. The molecule has 0 aliphatic carbocycles. The van der Waals surface area contributed by atoms with Crippen LogP contribution in [0.3, 0.4) is 0 Å². The average Bonchev–Trinajstić information content (AvgIpc) is 1.62. The molecule has 0 atom stereocenters. The van der Waals surface area contributed by atoms with Crippen LogP contribution < -0.4 is 58.7 Å². The maximum Gasteiger partial charge on any atom is 2.00 e. The summed E-state index contributed by atoms with van der Waals surface area (Å²) in [5.74, 6) is 0. The predicted molar refractivity (Wildman–Crippen MR) is 30.4 cm³/mol. The zero-order chi connectivity index (χ0) is 18.0. The van der Waals surface area contributed by atoms with E-state index in [4.69, 9.17) is 77.0 Å². The van der Waals surface area contributed by atoms with E-state index in [1.54, 1.807) is 0 Å². The van der Waals surface area contributed by atoms with E-state index >= 15 is 0 Å². The summed E-state index contributed by atoms with van der Waals surface area (Å²) < 4.78 is 34.2. The Hall–Kier alpha value is 2.65. The quantitative estimate of drug-likeness (QED) is 0.208. The van der Waals surface area contributed by atoms with Gasteiger partial charge in [-0.05, 0) is 0 Å². The molecule has 0 unspecified atom stereocenters. The molecule has 0 fully saturated rings. The summed E-state index contributed by atoms with van der Waals surface area (Å²) in [4.78, 5) is 103. The van der Waals surface area contributed by atoms with Gasteiger partial charge in [-0.25, -0.2) is 0 Å². The molecule has 0 bridgehead atoms. The van der Waals surface area contributed by atoms with Gasteiger partial charge >= 0.3 is 50.3 Å². The Morgan fingerprint density at radius 2 is 0.333 bits per heavy atom. The molecule has 0 amide bonds. The largest absolute Gasteiger partial charge is 2.00 e. The minimum atomic E-state index is -5.39. The zero-order valence-electron chi connectivity index (χ0n) is 9.73. The van der Waals surface area contributed by atoms with Crippen molar-refractivity contribution in [2.45, 2.75) is 0 Å². The van der Waals surface area contributed by atoms with Crippen molar-refractivity contribution in [3.8, 4) is 0 Å². The van der Waals surface area contributed by atoms with Crippen molar-refractivity contribution in [3.05, 3.63) is 0 Å². The van der Waals surface area contributed by atoms with E-state index in [-0.39, 0.29) is 71.4 Å². The van der Waals surface area contributed by atoms with Crippen LogP contribution >= 0.6 is 31.3 Å². The summed E-state index contributed by atoms with van der Waals surface area (Å²) in [7, 11) is -21.6. The van der Waals surface area contributed by atoms with Crippen molar-refractivity contribution in [2.24, 2.45) is 0 Å². The third-order valence-corrected chi connectivity index (χ3v) is 0. The minimum absolute atomic E-state index is 0. The van der Waals surface area contributed by atoms with Gasteiger partial charge in [0.05, 0.1) is 0 Å². The van der Waals surface area contributed by atoms with E-state index < -0.39 is 31.3 Å². The molecule has 0 aromatic heterocycles. The summed E-state index contributed by atoms with van der Waals surface area (Å²) >= 11 is 0. The van der Waals surface area contributed by atoms with Gasteiger partial charge in [0.15, 0.2) is 0 Å². The molecule has 3 radical (unpaired) electrons. The normalized spacial score (nSPS) is 9.83. The Morgan fingerprint density at radius 3 is 0.333 bits per heavy atom. The zero-order valence-corrected chi connectivity index (χ0v) is 19.4. The van der Waals surface area contributed by atoms with Crippen molar-refractivity contribution in [1.29, 1.82) is 0 Å². The molecule has 0 aliphatic heterocycles. The molecule has 24 heteroatoms. The Labute approximate surface area is 178 Å². The van der Waals surface area contributed by atoms with Crippen molar-refractivity contribution >= 4 is 31.3 Å². The van der Waals surface area contributed by atoms with Gasteiger partial charge in [-0.3, -0.25) is 0 Å². The van der Waals surface area contributed by atoms with Crippen LogP contribution in [0.25, 0.3) is 0 Å². The van der Waals surface area contributed by atoms with Crippen molar-refractivity contribution in [3.63, 3.8) is 0 Å². The Kier molecular flexibility index (Phi) is 46.1. The summed E-state index contributed by atoms with van der Waals surface area (Å²) in [6, 6.07) is 0. The Balaban J connectivity index is -0.0000000225. The number of hydrogen-bond donors (Lipinski definition) is 0. The Bertz CT molecular complexity index is 298.